The Bertz CT molecular complexity index is 1660. The molecule has 0 aliphatic carbocycles. The minimum atomic E-state index is -0.603. The van der Waals surface area contributed by atoms with E-state index in [1.807, 2.05) is 60.8 Å². The standard InChI is InChI=1S/C31H26Cl2N2O3S/c1-3-19-9-8-12-24-21(18-35(28(19)24)17-20-13-14-22(32)16-25(20)33)15-26-29(36)27(31(37)38-4-2)30(39-26)34-23-10-6-5-7-11-23/h5-16,18,36H,3-4,17H2,1-2H3/b26-15-,34-30?. The van der Waals surface area contributed by atoms with E-state index in [-0.39, 0.29) is 17.9 Å². The number of halogens is 2. The summed E-state index contributed by atoms with van der Waals surface area (Å²) in [6, 6.07) is 21.1. The van der Waals surface area contributed by atoms with Gasteiger partial charge in [-0.2, -0.15) is 0 Å². The predicted molar refractivity (Wildman–Crippen MR) is 162 cm³/mol. The minimum absolute atomic E-state index is 0.0721. The Hall–Kier alpha value is -3.45. The predicted octanol–water partition coefficient (Wildman–Crippen LogP) is 8.75. The van der Waals surface area contributed by atoms with Crippen molar-refractivity contribution in [2.45, 2.75) is 26.8 Å². The number of aromatic nitrogens is 1. The number of rotatable bonds is 7. The Morgan fingerprint density at radius 1 is 1.05 bits per heavy atom. The molecule has 4 aromatic rings. The number of benzene rings is 3. The van der Waals surface area contributed by atoms with E-state index in [1.54, 1.807) is 13.0 Å². The highest BCUT2D eigenvalue weighted by molar-refractivity contribution is 8.18. The summed E-state index contributed by atoms with van der Waals surface area (Å²) in [6.45, 7) is 4.60. The maximum Gasteiger partial charge on any atom is 0.344 e. The zero-order valence-electron chi connectivity index (χ0n) is 21.4. The number of ether oxygens (including phenoxy) is 1. The molecule has 0 unspecified atom stereocenters. The van der Waals surface area contributed by atoms with Gasteiger partial charge in [-0.05, 0) is 54.8 Å². The number of thioether (sulfide) groups is 1. The third-order valence-electron chi connectivity index (χ3n) is 6.39. The van der Waals surface area contributed by atoms with Crippen LogP contribution in [0.2, 0.25) is 10.0 Å². The molecule has 0 saturated heterocycles. The molecule has 39 heavy (non-hydrogen) atoms. The molecule has 0 spiro atoms. The smallest absolute Gasteiger partial charge is 0.344 e. The van der Waals surface area contributed by atoms with E-state index in [1.165, 1.54) is 17.3 Å². The molecule has 2 heterocycles. The van der Waals surface area contributed by atoms with Gasteiger partial charge in [-0.15, -0.1) is 0 Å². The Morgan fingerprint density at radius 2 is 1.85 bits per heavy atom. The molecule has 198 valence electrons. The van der Waals surface area contributed by atoms with E-state index in [9.17, 15) is 9.90 Å². The zero-order valence-corrected chi connectivity index (χ0v) is 23.8. The second-order valence-corrected chi connectivity index (χ2v) is 10.8. The van der Waals surface area contributed by atoms with Gasteiger partial charge in [0.2, 0.25) is 0 Å². The third kappa shape index (κ3) is 5.64. The molecule has 1 aliphatic rings. The first-order valence-corrected chi connectivity index (χ1v) is 14.2. The molecule has 0 radical (unpaired) electrons. The molecule has 5 rings (SSSR count). The minimum Gasteiger partial charge on any atom is -0.506 e. The molecule has 5 nitrogen and oxygen atoms in total. The van der Waals surface area contributed by atoms with Gasteiger partial charge in [-0.25, -0.2) is 9.79 Å². The first-order valence-electron chi connectivity index (χ1n) is 12.6. The zero-order chi connectivity index (χ0) is 27.5. The van der Waals surface area contributed by atoms with Gasteiger partial charge in [0.05, 0.1) is 22.7 Å². The van der Waals surface area contributed by atoms with Crippen molar-refractivity contribution in [3.05, 3.63) is 116 Å². The summed E-state index contributed by atoms with van der Waals surface area (Å²) < 4.78 is 7.42. The fourth-order valence-electron chi connectivity index (χ4n) is 4.58. The summed E-state index contributed by atoms with van der Waals surface area (Å²) in [5.74, 6) is -0.741. The number of hydrogen-bond acceptors (Lipinski definition) is 5. The number of carbonyl (C=O) groups excluding carboxylic acids is 1. The highest BCUT2D eigenvalue weighted by Crippen LogP contribution is 2.41. The Balaban J connectivity index is 1.62. The van der Waals surface area contributed by atoms with Crippen molar-refractivity contribution >= 4 is 68.6 Å². The molecule has 8 heteroatoms. The monoisotopic (exact) mass is 576 g/mol. The maximum atomic E-state index is 12.8. The third-order valence-corrected chi connectivity index (χ3v) is 8.00. The topological polar surface area (TPSA) is 63.8 Å². The lowest BCUT2D eigenvalue weighted by atomic mass is 10.1. The van der Waals surface area contributed by atoms with E-state index < -0.39 is 5.97 Å². The summed E-state index contributed by atoms with van der Waals surface area (Å²) in [6.07, 6.45) is 4.80. The van der Waals surface area contributed by atoms with Crippen LogP contribution in [0.25, 0.3) is 17.0 Å². The fourth-order valence-corrected chi connectivity index (χ4v) is 6.07. The molecule has 3 aromatic carbocycles. The number of para-hydroxylation sites is 2. The molecule has 1 aromatic heterocycles. The quantitative estimate of drug-likeness (QED) is 0.223. The average molecular weight is 578 g/mol. The molecular weight excluding hydrogens is 551 g/mol. The lowest BCUT2D eigenvalue weighted by molar-refractivity contribution is -0.138. The number of aliphatic imine (C=N–C) groups is 1. The summed E-state index contributed by atoms with van der Waals surface area (Å²) in [5.41, 5.74) is 4.89. The first-order chi connectivity index (χ1) is 18.9. The van der Waals surface area contributed by atoms with E-state index >= 15 is 0 Å². The van der Waals surface area contributed by atoms with Crippen LogP contribution in [-0.2, 0) is 22.5 Å². The molecule has 0 bridgehead atoms. The van der Waals surface area contributed by atoms with Crippen molar-refractivity contribution in [1.82, 2.24) is 4.57 Å². The number of nitrogens with zero attached hydrogens (tertiary/aromatic N) is 2. The molecule has 1 aliphatic heterocycles. The van der Waals surface area contributed by atoms with Crippen LogP contribution in [0.3, 0.4) is 0 Å². The fraction of sp³-hybridized carbons (Fsp3) is 0.161. The molecule has 0 atom stereocenters. The van der Waals surface area contributed by atoms with Gasteiger partial charge in [0.1, 0.15) is 16.4 Å². The van der Waals surface area contributed by atoms with Crippen molar-refractivity contribution in [1.29, 1.82) is 0 Å². The molecule has 1 N–H and O–H groups in total. The van der Waals surface area contributed by atoms with Crippen LogP contribution < -0.4 is 0 Å². The number of aliphatic hydroxyl groups excluding tert-OH is 1. The van der Waals surface area contributed by atoms with Crippen LogP contribution in [0, 0.1) is 0 Å². The summed E-state index contributed by atoms with van der Waals surface area (Å²) in [4.78, 5) is 18.0. The van der Waals surface area contributed by atoms with E-state index in [4.69, 9.17) is 27.9 Å². The van der Waals surface area contributed by atoms with Crippen LogP contribution >= 0.6 is 35.0 Å². The number of aryl methyl sites for hydroxylation is 1. The van der Waals surface area contributed by atoms with Gasteiger partial charge in [-0.1, -0.05) is 84.4 Å². The van der Waals surface area contributed by atoms with Crippen LogP contribution in [0.5, 0.6) is 0 Å². The van der Waals surface area contributed by atoms with Gasteiger partial charge in [-0.3, -0.25) is 0 Å². The Morgan fingerprint density at radius 3 is 2.56 bits per heavy atom. The van der Waals surface area contributed by atoms with Gasteiger partial charge < -0.3 is 14.4 Å². The van der Waals surface area contributed by atoms with Gasteiger partial charge in [0.15, 0.2) is 0 Å². The lowest BCUT2D eigenvalue weighted by Gasteiger charge is -2.10. The largest absolute Gasteiger partial charge is 0.506 e. The first kappa shape index (κ1) is 27.1. The van der Waals surface area contributed by atoms with Crippen molar-refractivity contribution < 1.29 is 14.6 Å². The highest BCUT2D eigenvalue weighted by atomic mass is 35.5. The molecule has 0 fully saturated rings. The summed E-state index contributed by atoms with van der Waals surface area (Å²) in [5, 5.41) is 13.8. The van der Waals surface area contributed by atoms with Crippen LogP contribution in [-0.4, -0.2) is 27.3 Å². The Kier molecular flexibility index (Phi) is 8.17. The van der Waals surface area contributed by atoms with Gasteiger partial charge in [0, 0.05) is 33.7 Å². The maximum absolute atomic E-state index is 12.8. The summed E-state index contributed by atoms with van der Waals surface area (Å²) >= 11 is 13.9. The summed E-state index contributed by atoms with van der Waals surface area (Å²) in [7, 11) is 0. The van der Waals surface area contributed by atoms with Crippen LogP contribution in [0.4, 0.5) is 5.69 Å². The SMILES string of the molecule is CCOC(=O)C1=C(O)/C(=C/c2cn(Cc3ccc(Cl)cc3Cl)c3c(CC)cccc23)SC1=Nc1ccccc1. The second-order valence-electron chi connectivity index (χ2n) is 8.92. The van der Waals surface area contributed by atoms with E-state index in [2.05, 4.69) is 28.6 Å². The van der Waals surface area contributed by atoms with Gasteiger partial charge in [0.25, 0.3) is 0 Å². The molecular formula is C31H26Cl2N2O3S. The van der Waals surface area contributed by atoms with E-state index in [0.717, 1.165) is 28.5 Å². The normalized spacial score (nSPS) is 15.6. The lowest BCUT2D eigenvalue weighted by Crippen LogP contribution is -2.12. The number of hydrogen-bond donors (Lipinski definition) is 1. The van der Waals surface area contributed by atoms with Gasteiger partial charge >= 0.3 is 5.97 Å². The Labute approximate surface area is 241 Å². The number of carbonyl (C=O) groups is 1. The van der Waals surface area contributed by atoms with Crippen LogP contribution in [0.1, 0.15) is 30.5 Å². The van der Waals surface area contributed by atoms with Crippen LogP contribution in [0.15, 0.2) is 94.2 Å². The average Bonchev–Trinajstić information content (AvgIpc) is 3.43. The number of esters is 1. The molecule has 0 saturated carbocycles. The van der Waals surface area contributed by atoms with Crippen molar-refractivity contribution in [2.24, 2.45) is 4.99 Å². The molecule has 0 amide bonds. The number of fused-ring (bicyclic) bond motifs is 1. The van der Waals surface area contributed by atoms with E-state index in [0.29, 0.717) is 32.2 Å². The highest BCUT2D eigenvalue weighted by Gasteiger charge is 2.33. The van der Waals surface area contributed by atoms with Crippen molar-refractivity contribution in [3.63, 3.8) is 0 Å². The van der Waals surface area contributed by atoms with Crippen molar-refractivity contribution in [3.8, 4) is 0 Å². The van der Waals surface area contributed by atoms with Crippen molar-refractivity contribution in [2.75, 3.05) is 6.61 Å². The number of aliphatic hydroxyl groups is 1. The second kappa shape index (κ2) is 11.7.